The van der Waals surface area contributed by atoms with Crippen molar-refractivity contribution in [1.82, 2.24) is 4.90 Å². The molecule has 0 bridgehead atoms. The molecule has 0 aliphatic heterocycles. The monoisotopic (exact) mass is 305 g/mol. The molecule has 0 amide bonds. The molecular weight excluding hydrogens is 282 g/mol. The van der Waals surface area contributed by atoms with Gasteiger partial charge in [-0.25, -0.2) is 8.42 Å². The van der Waals surface area contributed by atoms with Gasteiger partial charge in [-0.3, -0.25) is 4.90 Å². The molecule has 3 nitrogen and oxygen atoms in total. The normalized spacial score (nSPS) is 13.7. The highest BCUT2D eigenvalue weighted by atomic mass is 32.2. The van der Waals surface area contributed by atoms with E-state index in [1.807, 2.05) is 26.1 Å². The summed E-state index contributed by atoms with van der Waals surface area (Å²) in [5.74, 6) is 0.421. The van der Waals surface area contributed by atoms with E-state index in [4.69, 9.17) is 0 Å². The van der Waals surface area contributed by atoms with Crippen LogP contribution in [0, 0.1) is 0 Å². The molecular formula is C17H23NO2S. The lowest BCUT2D eigenvalue weighted by Crippen LogP contribution is -2.35. The molecule has 0 radical (unpaired) electrons. The summed E-state index contributed by atoms with van der Waals surface area (Å²) in [6.45, 7) is 4.42. The van der Waals surface area contributed by atoms with E-state index < -0.39 is 9.84 Å². The van der Waals surface area contributed by atoms with Crippen LogP contribution in [0.5, 0.6) is 0 Å². The van der Waals surface area contributed by atoms with Crippen LogP contribution in [0.2, 0.25) is 0 Å². The van der Waals surface area contributed by atoms with Crippen molar-refractivity contribution in [2.45, 2.75) is 26.4 Å². The first kappa shape index (κ1) is 16.0. The molecule has 2 aromatic rings. The van der Waals surface area contributed by atoms with E-state index in [0.717, 1.165) is 6.54 Å². The van der Waals surface area contributed by atoms with E-state index in [2.05, 4.69) is 35.2 Å². The van der Waals surface area contributed by atoms with E-state index in [-0.39, 0.29) is 17.5 Å². The van der Waals surface area contributed by atoms with Crippen LogP contribution in [0.3, 0.4) is 0 Å². The molecule has 0 fully saturated rings. The SMILES string of the molecule is CCS(=O)(=O)CC(C)N(C)Cc1cccc2ccccc12. The fourth-order valence-corrected chi connectivity index (χ4v) is 3.69. The number of fused-ring (bicyclic) bond motifs is 1. The summed E-state index contributed by atoms with van der Waals surface area (Å²) < 4.78 is 23.5. The molecule has 0 aromatic heterocycles. The number of hydrogen-bond donors (Lipinski definition) is 0. The van der Waals surface area contributed by atoms with Gasteiger partial charge < -0.3 is 0 Å². The van der Waals surface area contributed by atoms with Crippen LogP contribution in [0.15, 0.2) is 42.5 Å². The Balaban J connectivity index is 2.16. The molecule has 0 aliphatic carbocycles. The average Bonchev–Trinajstić information content (AvgIpc) is 2.47. The minimum atomic E-state index is -2.94. The maximum absolute atomic E-state index is 11.8. The molecule has 0 saturated heterocycles. The van der Waals surface area contributed by atoms with Gasteiger partial charge in [0.1, 0.15) is 0 Å². The second kappa shape index (κ2) is 6.58. The number of rotatable bonds is 6. The molecule has 0 N–H and O–H groups in total. The molecule has 2 rings (SSSR count). The highest BCUT2D eigenvalue weighted by Crippen LogP contribution is 2.20. The van der Waals surface area contributed by atoms with Crippen molar-refractivity contribution in [2.24, 2.45) is 0 Å². The first-order valence-corrected chi connectivity index (χ1v) is 9.12. The van der Waals surface area contributed by atoms with Crippen LogP contribution >= 0.6 is 0 Å². The summed E-state index contributed by atoms with van der Waals surface area (Å²) in [7, 11) is -0.956. The zero-order valence-corrected chi connectivity index (χ0v) is 13.7. The van der Waals surface area contributed by atoms with Crippen molar-refractivity contribution < 1.29 is 8.42 Å². The van der Waals surface area contributed by atoms with Gasteiger partial charge in [0.05, 0.1) is 5.75 Å². The van der Waals surface area contributed by atoms with Gasteiger partial charge in [-0.15, -0.1) is 0 Å². The van der Waals surface area contributed by atoms with Crippen molar-refractivity contribution >= 4 is 20.6 Å². The zero-order valence-electron chi connectivity index (χ0n) is 12.9. The molecule has 21 heavy (non-hydrogen) atoms. The Morgan fingerprint density at radius 1 is 1.10 bits per heavy atom. The van der Waals surface area contributed by atoms with Crippen LogP contribution in [0.1, 0.15) is 19.4 Å². The Bertz CT molecular complexity index is 704. The number of hydrogen-bond acceptors (Lipinski definition) is 3. The van der Waals surface area contributed by atoms with Crippen LogP contribution in [-0.2, 0) is 16.4 Å². The number of sulfone groups is 1. The molecule has 0 heterocycles. The lowest BCUT2D eigenvalue weighted by molar-refractivity contribution is 0.268. The van der Waals surface area contributed by atoms with E-state index in [1.54, 1.807) is 6.92 Å². The van der Waals surface area contributed by atoms with Gasteiger partial charge >= 0.3 is 0 Å². The van der Waals surface area contributed by atoms with Gasteiger partial charge in [-0.1, -0.05) is 49.4 Å². The van der Waals surface area contributed by atoms with Crippen molar-refractivity contribution in [3.8, 4) is 0 Å². The first-order valence-electron chi connectivity index (χ1n) is 7.30. The second-order valence-electron chi connectivity index (χ2n) is 5.60. The molecule has 4 heteroatoms. The molecule has 114 valence electrons. The zero-order chi connectivity index (χ0) is 15.5. The highest BCUT2D eigenvalue weighted by Gasteiger charge is 2.18. The molecule has 0 saturated carbocycles. The summed E-state index contributed by atoms with van der Waals surface area (Å²) in [5, 5.41) is 2.45. The van der Waals surface area contributed by atoms with Gasteiger partial charge in [-0.05, 0) is 30.3 Å². The standard InChI is InChI=1S/C17H23NO2S/c1-4-21(19,20)13-14(2)18(3)12-16-10-7-9-15-8-5-6-11-17(15)16/h5-11,14H,4,12-13H2,1-3H3. The van der Waals surface area contributed by atoms with Crippen LogP contribution < -0.4 is 0 Å². The van der Waals surface area contributed by atoms with Crippen molar-refractivity contribution in [2.75, 3.05) is 18.6 Å². The Kier molecular flexibility index (Phi) is 5.01. The smallest absolute Gasteiger partial charge is 0.151 e. The van der Waals surface area contributed by atoms with E-state index in [1.165, 1.54) is 16.3 Å². The fraction of sp³-hybridized carbons (Fsp3) is 0.412. The molecule has 0 aliphatic rings. The quantitative estimate of drug-likeness (QED) is 0.823. The topological polar surface area (TPSA) is 37.4 Å². The van der Waals surface area contributed by atoms with Crippen LogP contribution in [-0.4, -0.2) is 37.9 Å². The molecule has 1 unspecified atom stereocenters. The number of benzene rings is 2. The summed E-state index contributed by atoms with van der Waals surface area (Å²) in [4.78, 5) is 2.11. The lowest BCUT2D eigenvalue weighted by Gasteiger charge is -2.25. The molecule has 2 aromatic carbocycles. The fourth-order valence-electron chi connectivity index (χ4n) is 2.47. The minimum absolute atomic E-state index is 0.00826. The number of nitrogens with zero attached hydrogens (tertiary/aromatic N) is 1. The lowest BCUT2D eigenvalue weighted by atomic mass is 10.0. The predicted molar refractivity (Wildman–Crippen MR) is 89.2 cm³/mol. The average molecular weight is 305 g/mol. The first-order chi connectivity index (χ1) is 9.93. The summed E-state index contributed by atoms with van der Waals surface area (Å²) in [6, 6.07) is 14.6. The largest absolute Gasteiger partial charge is 0.298 e. The Morgan fingerprint density at radius 2 is 1.76 bits per heavy atom. The third kappa shape index (κ3) is 4.05. The Morgan fingerprint density at radius 3 is 2.48 bits per heavy atom. The van der Waals surface area contributed by atoms with E-state index in [0.29, 0.717) is 0 Å². The van der Waals surface area contributed by atoms with Crippen LogP contribution in [0.4, 0.5) is 0 Å². The minimum Gasteiger partial charge on any atom is -0.298 e. The van der Waals surface area contributed by atoms with Gasteiger partial charge in [0.2, 0.25) is 0 Å². The molecule has 1 atom stereocenters. The Labute approximate surface area is 127 Å². The third-order valence-corrected chi connectivity index (χ3v) is 5.86. The maximum Gasteiger partial charge on any atom is 0.151 e. The van der Waals surface area contributed by atoms with Crippen molar-refractivity contribution in [3.05, 3.63) is 48.0 Å². The van der Waals surface area contributed by atoms with Gasteiger partial charge in [-0.2, -0.15) is 0 Å². The maximum atomic E-state index is 11.8. The second-order valence-corrected chi connectivity index (χ2v) is 8.00. The summed E-state index contributed by atoms with van der Waals surface area (Å²) in [5.41, 5.74) is 1.23. The van der Waals surface area contributed by atoms with Gasteiger partial charge in [0.15, 0.2) is 9.84 Å². The van der Waals surface area contributed by atoms with Gasteiger partial charge in [0, 0.05) is 18.3 Å². The molecule has 0 spiro atoms. The van der Waals surface area contributed by atoms with E-state index >= 15 is 0 Å². The van der Waals surface area contributed by atoms with Crippen LogP contribution in [0.25, 0.3) is 10.8 Å². The Hall–Kier alpha value is -1.39. The van der Waals surface area contributed by atoms with E-state index in [9.17, 15) is 8.42 Å². The van der Waals surface area contributed by atoms with Gasteiger partial charge in [0.25, 0.3) is 0 Å². The predicted octanol–water partition coefficient (Wildman–Crippen LogP) is 3.09. The third-order valence-electron chi connectivity index (χ3n) is 3.99. The summed E-state index contributed by atoms with van der Waals surface area (Å²) >= 11 is 0. The van der Waals surface area contributed by atoms with Crippen molar-refractivity contribution in [1.29, 1.82) is 0 Å². The highest BCUT2D eigenvalue weighted by molar-refractivity contribution is 7.91. The summed E-state index contributed by atoms with van der Waals surface area (Å²) in [6.07, 6.45) is 0. The van der Waals surface area contributed by atoms with Crippen molar-refractivity contribution in [3.63, 3.8) is 0 Å².